The molecule has 2 atom stereocenters. The van der Waals surface area contributed by atoms with Gasteiger partial charge in [-0.15, -0.1) is 0 Å². The Morgan fingerprint density at radius 2 is 2.00 bits per heavy atom. The van der Waals surface area contributed by atoms with E-state index in [1.807, 2.05) is 14.0 Å². The Labute approximate surface area is 81.8 Å². The monoisotopic (exact) mass is 189 g/mol. The minimum atomic E-state index is 0.278. The van der Waals surface area contributed by atoms with Gasteiger partial charge < -0.3 is 14.8 Å². The molecular formula is C10H23NO2. The van der Waals surface area contributed by atoms with Crippen molar-refractivity contribution < 1.29 is 9.47 Å². The molecule has 0 fully saturated rings. The highest BCUT2D eigenvalue weighted by Gasteiger charge is 2.18. The van der Waals surface area contributed by atoms with Crippen molar-refractivity contribution in [2.75, 3.05) is 27.4 Å². The summed E-state index contributed by atoms with van der Waals surface area (Å²) < 4.78 is 10.8. The summed E-state index contributed by atoms with van der Waals surface area (Å²) >= 11 is 0. The van der Waals surface area contributed by atoms with Gasteiger partial charge in [0.05, 0.1) is 18.8 Å². The molecule has 0 radical (unpaired) electrons. The number of methoxy groups -OCH3 is 1. The predicted molar refractivity (Wildman–Crippen MR) is 55.0 cm³/mol. The largest absolute Gasteiger partial charge is 0.383 e. The minimum absolute atomic E-state index is 0.278. The maximum absolute atomic E-state index is 5.65. The van der Waals surface area contributed by atoms with Crippen LogP contribution in [0.5, 0.6) is 0 Å². The van der Waals surface area contributed by atoms with E-state index in [9.17, 15) is 0 Å². The fourth-order valence-electron chi connectivity index (χ4n) is 1.46. The zero-order valence-corrected chi connectivity index (χ0v) is 9.30. The van der Waals surface area contributed by atoms with Gasteiger partial charge in [-0.2, -0.15) is 0 Å². The van der Waals surface area contributed by atoms with Gasteiger partial charge in [-0.05, 0) is 20.4 Å². The van der Waals surface area contributed by atoms with Gasteiger partial charge in [-0.25, -0.2) is 0 Å². The van der Waals surface area contributed by atoms with E-state index in [0.29, 0.717) is 12.6 Å². The van der Waals surface area contributed by atoms with E-state index >= 15 is 0 Å². The highest BCUT2D eigenvalue weighted by atomic mass is 16.5. The Morgan fingerprint density at radius 3 is 2.38 bits per heavy atom. The number of hydrogen-bond acceptors (Lipinski definition) is 3. The van der Waals surface area contributed by atoms with Crippen LogP contribution in [0.25, 0.3) is 0 Å². The molecule has 0 aliphatic heterocycles. The molecule has 0 amide bonds. The number of likely N-dealkylation sites (N-methyl/N-ethyl adjacent to an activating group) is 1. The van der Waals surface area contributed by atoms with Gasteiger partial charge in [0.2, 0.25) is 0 Å². The van der Waals surface area contributed by atoms with Gasteiger partial charge in [-0.1, -0.05) is 13.3 Å². The molecule has 0 aliphatic rings. The van der Waals surface area contributed by atoms with Gasteiger partial charge in [-0.3, -0.25) is 0 Å². The van der Waals surface area contributed by atoms with Gasteiger partial charge >= 0.3 is 0 Å². The van der Waals surface area contributed by atoms with Crippen molar-refractivity contribution in [3.05, 3.63) is 0 Å². The third kappa shape index (κ3) is 5.24. The molecule has 80 valence electrons. The van der Waals surface area contributed by atoms with Crippen LogP contribution in [0.1, 0.15) is 26.7 Å². The second-order valence-corrected chi connectivity index (χ2v) is 3.13. The van der Waals surface area contributed by atoms with Crippen LogP contribution in [0.2, 0.25) is 0 Å². The third-order valence-corrected chi connectivity index (χ3v) is 2.12. The summed E-state index contributed by atoms with van der Waals surface area (Å²) in [5.41, 5.74) is 0. The maximum Gasteiger partial charge on any atom is 0.0750 e. The zero-order chi connectivity index (χ0) is 10.1. The van der Waals surface area contributed by atoms with Gasteiger partial charge in [0.25, 0.3) is 0 Å². The molecular weight excluding hydrogens is 166 g/mol. The lowest BCUT2D eigenvalue weighted by atomic mass is 10.1. The Balaban J connectivity index is 3.94. The predicted octanol–water partition coefficient (Wildman–Crippen LogP) is 1.43. The first kappa shape index (κ1) is 12.9. The number of nitrogens with one attached hydrogen (secondary N) is 1. The second kappa shape index (κ2) is 8.48. The molecule has 0 rings (SSSR count). The van der Waals surface area contributed by atoms with E-state index in [-0.39, 0.29) is 6.10 Å². The molecule has 0 saturated heterocycles. The van der Waals surface area contributed by atoms with Crippen LogP contribution in [0, 0.1) is 0 Å². The van der Waals surface area contributed by atoms with Gasteiger partial charge in [0.1, 0.15) is 0 Å². The first-order valence-electron chi connectivity index (χ1n) is 5.07. The van der Waals surface area contributed by atoms with E-state index in [0.717, 1.165) is 19.4 Å². The van der Waals surface area contributed by atoms with Crippen LogP contribution in [-0.4, -0.2) is 39.5 Å². The van der Waals surface area contributed by atoms with E-state index in [2.05, 4.69) is 12.2 Å². The van der Waals surface area contributed by atoms with Crippen molar-refractivity contribution in [2.24, 2.45) is 0 Å². The standard InChI is InChI=1S/C10H23NO2/c1-5-7-10(13-6-2)9(11-3)8-12-4/h9-11H,5-8H2,1-4H3. The van der Waals surface area contributed by atoms with Crippen LogP contribution in [-0.2, 0) is 9.47 Å². The average molecular weight is 189 g/mol. The fourth-order valence-corrected chi connectivity index (χ4v) is 1.46. The molecule has 13 heavy (non-hydrogen) atoms. The lowest BCUT2D eigenvalue weighted by Gasteiger charge is -2.25. The lowest BCUT2D eigenvalue weighted by Crippen LogP contribution is -2.42. The Morgan fingerprint density at radius 1 is 1.31 bits per heavy atom. The average Bonchev–Trinajstić information content (AvgIpc) is 2.14. The normalized spacial score (nSPS) is 15.7. The summed E-state index contributed by atoms with van der Waals surface area (Å²) in [6.07, 6.45) is 2.51. The molecule has 0 aliphatic carbocycles. The van der Waals surface area contributed by atoms with Crippen molar-refractivity contribution in [1.82, 2.24) is 5.32 Å². The summed E-state index contributed by atoms with van der Waals surface area (Å²) in [5.74, 6) is 0. The maximum atomic E-state index is 5.65. The van der Waals surface area contributed by atoms with Crippen LogP contribution >= 0.6 is 0 Å². The Bertz CT molecular complexity index is 103. The van der Waals surface area contributed by atoms with Crippen LogP contribution in [0.15, 0.2) is 0 Å². The van der Waals surface area contributed by atoms with E-state index in [1.165, 1.54) is 0 Å². The number of ether oxygens (including phenoxy) is 2. The Kier molecular flexibility index (Phi) is 8.40. The third-order valence-electron chi connectivity index (χ3n) is 2.12. The summed E-state index contributed by atoms with van der Waals surface area (Å²) in [5, 5.41) is 3.22. The van der Waals surface area contributed by atoms with E-state index < -0.39 is 0 Å². The smallest absolute Gasteiger partial charge is 0.0750 e. The molecule has 0 heterocycles. The van der Waals surface area contributed by atoms with E-state index in [4.69, 9.17) is 9.47 Å². The van der Waals surface area contributed by atoms with Crippen LogP contribution in [0.3, 0.4) is 0 Å². The lowest BCUT2D eigenvalue weighted by molar-refractivity contribution is 0.00669. The van der Waals surface area contributed by atoms with Gasteiger partial charge in [0.15, 0.2) is 0 Å². The molecule has 0 aromatic heterocycles. The van der Waals surface area contributed by atoms with E-state index in [1.54, 1.807) is 7.11 Å². The molecule has 1 N–H and O–H groups in total. The molecule has 0 aromatic carbocycles. The minimum Gasteiger partial charge on any atom is -0.383 e. The van der Waals surface area contributed by atoms with Crippen LogP contribution < -0.4 is 5.32 Å². The van der Waals surface area contributed by atoms with Crippen molar-refractivity contribution in [2.45, 2.75) is 38.8 Å². The van der Waals surface area contributed by atoms with Crippen molar-refractivity contribution in [3.8, 4) is 0 Å². The molecule has 0 aromatic rings. The topological polar surface area (TPSA) is 30.5 Å². The first-order chi connectivity index (χ1) is 6.29. The summed E-state index contributed by atoms with van der Waals surface area (Å²) in [6.45, 7) is 5.68. The van der Waals surface area contributed by atoms with Gasteiger partial charge in [0, 0.05) is 13.7 Å². The fraction of sp³-hybridized carbons (Fsp3) is 1.00. The molecule has 3 nitrogen and oxygen atoms in total. The van der Waals surface area contributed by atoms with Crippen molar-refractivity contribution >= 4 is 0 Å². The molecule has 0 saturated carbocycles. The molecule has 0 spiro atoms. The number of hydrogen-bond donors (Lipinski definition) is 1. The quantitative estimate of drug-likeness (QED) is 0.626. The molecule has 2 unspecified atom stereocenters. The highest BCUT2D eigenvalue weighted by molar-refractivity contribution is 4.75. The summed E-state index contributed by atoms with van der Waals surface area (Å²) in [4.78, 5) is 0. The van der Waals surface area contributed by atoms with Crippen molar-refractivity contribution in [3.63, 3.8) is 0 Å². The van der Waals surface area contributed by atoms with Crippen molar-refractivity contribution in [1.29, 1.82) is 0 Å². The SMILES string of the molecule is CCCC(OCC)C(COC)NC. The second-order valence-electron chi connectivity index (χ2n) is 3.13. The first-order valence-corrected chi connectivity index (χ1v) is 5.07. The molecule has 3 heteroatoms. The van der Waals surface area contributed by atoms with Crippen LogP contribution in [0.4, 0.5) is 0 Å². The number of rotatable bonds is 8. The highest BCUT2D eigenvalue weighted by Crippen LogP contribution is 2.07. The summed E-state index contributed by atoms with van der Waals surface area (Å²) in [7, 11) is 3.67. The Hall–Kier alpha value is -0.120. The molecule has 0 bridgehead atoms. The zero-order valence-electron chi connectivity index (χ0n) is 9.30. The summed E-state index contributed by atoms with van der Waals surface area (Å²) in [6, 6.07) is 0.310.